The fraction of sp³-hybridized carbons (Fsp3) is 0. The minimum atomic E-state index is -0.236. The van der Waals surface area contributed by atoms with Gasteiger partial charge in [-0.3, -0.25) is 9.79 Å². The van der Waals surface area contributed by atoms with Gasteiger partial charge in [-0.1, -0.05) is 12.1 Å². The van der Waals surface area contributed by atoms with Crippen molar-refractivity contribution in [3.05, 3.63) is 42.1 Å². The Balaban J connectivity index is 2.35. The average molecular weight is 173 g/mol. The number of allylic oxidation sites excluding steroid dienone is 1. The molecule has 0 unspecified atom stereocenters. The van der Waals surface area contributed by atoms with Crippen LogP contribution in [0.4, 0.5) is 0 Å². The molecule has 0 radical (unpaired) electrons. The first-order chi connectivity index (χ1) is 6.29. The van der Waals surface area contributed by atoms with E-state index in [0.29, 0.717) is 11.3 Å². The molecule has 3 nitrogen and oxygen atoms in total. The molecule has 64 valence electrons. The summed E-state index contributed by atoms with van der Waals surface area (Å²) in [5.41, 5.74) is 0.687. The molecule has 3 heteroatoms. The predicted octanol–water partition coefficient (Wildman–Crippen LogP) is 1.54. The molecule has 1 aromatic rings. The highest BCUT2D eigenvalue weighted by Crippen LogP contribution is 2.18. The van der Waals surface area contributed by atoms with Crippen LogP contribution in [-0.2, 0) is 0 Å². The maximum absolute atomic E-state index is 11.5. The highest BCUT2D eigenvalue weighted by atomic mass is 16.3. The predicted molar refractivity (Wildman–Crippen MR) is 49.0 cm³/mol. The van der Waals surface area contributed by atoms with Crippen LogP contribution in [0.5, 0.6) is 5.75 Å². The lowest BCUT2D eigenvalue weighted by atomic mass is 10.0. The largest absolute Gasteiger partial charge is 0.507 e. The van der Waals surface area contributed by atoms with Crippen LogP contribution in [0.3, 0.4) is 0 Å². The molecule has 1 heterocycles. The summed E-state index contributed by atoms with van der Waals surface area (Å²) in [6.45, 7) is 0. The summed E-state index contributed by atoms with van der Waals surface area (Å²) in [6.07, 6.45) is 3.17. The van der Waals surface area contributed by atoms with Gasteiger partial charge < -0.3 is 5.11 Å². The summed E-state index contributed by atoms with van der Waals surface area (Å²) in [6, 6.07) is 6.43. The molecule has 0 spiro atoms. The summed E-state index contributed by atoms with van der Waals surface area (Å²) in [7, 11) is 0. The van der Waals surface area contributed by atoms with E-state index >= 15 is 0 Å². The molecule has 0 saturated carbocycles. The highest BCUT2D eigenvalue weighted by Gasteiger charge is 2.16. The van der Waals surface area contributed by atoms with Crippen LogP contribution in [0, 0.1) is 0 Å². The topological polar surface area (TPSA) is 49.7 Å². The van der Waals surface area contributed by atoms with Gasteiger partial charge in [0.25, 0.3) is 0 Å². The molecular weight excluding hydrogens is 166 g/mol. The smallest absolute Gasteiger partial charge is 0.215 e. The van der Waals surface area contributed by atoms with Gasteiger partial charge in [0.15, 0.2) is 0 Å². The van der Waals surface area contributed by atoms with Crippen molar-refractivity contribution < 1.29 is 9.90 Å². The van der Waals surface area contributed by atoms with E-state index in [1.807, 2.05) is 0 Å². The monoisotopic (exact) mass is 173 g/mol. The van der Waals surface area contributed by atoms with Crippen molar-refractivity contribution in [3.8, 4) is 5.75 Å². The standard InChI is InChI=1S/C10H7NO2/c12-9-4-2-1-3-7(9)10(13)8-5-6-11-8/h1-6,12H. The van der Waals surface area contributed by atoms with E-state index in [1.54, 1.807) is 30.5 Å². The number of phenols is 1. The average Bonchev–Trinajstić information content (AvgIpc) is 2.01. The third-order valence-corrected chi connectivity index (χ3v) is 1.83. The number of phenolic OH excluding ortho intramolecular Hbond substituents is 1. The van der Waals surface area contributed by atoms with Crippen molar-refractivity contribution in [2.75, 3.05) is 0 Å². The Morgan fingerprint density at radius 3 is 2.54 bits per heavy atom. The number of aromatic hydroxyl groups is 1. The Bertz CT molecular complexity index is 419. The number of Topliss-reactive ketones (excluding diaryl/α,β-unsaturated/α-hetero) is 1. The van der Waals surface area contributed by atoms with Crippen molar-refractivity contribution in [1.29, 1.82) is 0 Å². The molecule has 0 bridgehead atoms. The first kappa shape index (κ1) is 7.73. The second kappa shape index (κ2) is 2.86. The van der Waals surface area contributed by atoms with E-state index in [9.17, 15) is 9.90 Å². The van der Waals surface area contributed by atoms with Crippen molar-refractivity contribution in [2.24, 2.45) is 4.99 Å². The fourth-order valence-electron chi connectivity index (χ4n) is 1.09. The van der Waals surface area contributed by atoms with Crippen LogP contribution in [0.15, 0.2) is 41.5 Å². The van der Waals surface area contributed by atoms with Crippen molar-refractivity contribution in [3.63, 3.8) is 0 Å². The molecule has 0 atom stereocenters. The maximum atomic E-state index is 11.5. The van der Waals surface area contributed by atoms with Crippen LogP contribution in [0.2, 0.25) is 0 Å². The normalized spacial score (nSPS) is 13.4. The third-order valence-electron chi connectivity index (χ3n) is 1.83. The minimum absolute atomic E-state index is 0.00417. The lowest BCUT2D eigenvalue weighted by molar-refractivity contribution is 0.106. The van der Waals surface area contributed by atoms with Gasteiger partial charge in [-0.25, -0.2) is 0 Å². The Kier molecular flexibility index (Phi) is 1.70. The third kappa shape index (κ3) is 1.24. The van der Waals surface area contributed by atoms with Gasteiger partial charge in [0.2, 0.25) is 5.78 Å². The van der Waals surface area contributed by atoms with Gasteiger partial charge in [-0.05, 0) is 18.2 Å². The Labute approximate surface area is 75.0 Å². The lowest BCUT2D eigenvalue weighted by Crippen LogP contribution is -2.15. The molecule has 0 aromatic heterocycles. The molecule has 1 aliphatic heterocycles. The van der Waals surface area contributed by atoms with E-state index in [1.165, 1.54) is 6.07 Å². The zero-order chi connectivity index (χ0) is 9.26. The maximum Gasteiger partial charge on any atom is 0.215 e. The number of ketones is 1. The first-order valence-electron chi connectivity index (χ1n) is 3.86. The number of aliphatic imine (C=N–C) groups is 1. The summed E-state index contributed by atoms with van der Waals surface area (Å²) in [5, 5.41) is 9.35. The Morgan fingerprint density at radius 1 is 1.31 bits per heavy atom. The van der Waals surface area contributed by atoms with Gasteiger partial charge in [0.05, 0.1) is 5.56 Å². The summed E-state index contributed by atoms with van der Waals surface area (Å²) in [5.74, 6) is -0.240. The number of hydrogen-bond acceptors (Lipinski definition) is 3. The van der Waals surface area contributed by atoms with Gasteiger partial charge in [0.1, 0.15) is 11.5 Å². The summed E-state index contributed by atoms with van der Waals surface area (Å²) in [4.78, 5) is 15.3. The second-order valence-electron chi connectivity index (χ2n) is 2.68. The van der Waals surface area contributed by atoms with Crippen LogP contribution in [-0.4, -0.2) is 16.6 Å². The molecular formula is C10H7NO2. The van der Waals surface area contributed by atoms with Gasteiger partial charge >= 0.3 is 0 Å². The molecule has 0 amide bonds. The molecule has 1 aliphatic rings. The fourth-order valence-corrected chi connectivity index (χ4v) is 1.09. The van der Waals surface area contributed by atoms with Crippen LogP contribution >= 0.6 is 0 Å². The van der Waals surface area contributed by atoms with Crippen LogP contribution in [0.1, 0.15) is 10.4 Å². The lowest BCUT2D eigenvalue weighted by Gasteiger charge is -2.05. The Morgan fingerprint density at radius 2 is 2.00 bits per heavy atom. The minimum Gasteiger partial charge on any atom is -0.507 e. The molecule has 1 aromatic carbocycles. The number of rotatable bonds is 2. The van der Waals surface area contributed by atoms with Crippen molar-refractivity contribution in [1.82, 2.24) is 0 Å². The molecule has 13 heavy (non-hydrogen) atoms. The van der Waals surface area contributed by atoms with Gasteiger partial charge in [-0.2, -0.15) is 0 Å². The van der Waals surface area contributed by atoms with E-state index in [0.717, 1.165) is 0 Å². The molecule has 1 N–H and O–H groups in total. The van der Waals surface area contributed by atoms with Crippen molar-refractivity contribution >= 4 is 11.5 Å². The molecule has 2 rings (SSSR count). The van der Waals surface area contributed by atoms with Gasteiger partial charge in [-0.15, -0.1) is 0 Å². The Hall–Kier alpha value is -1.90. The summed E-state index contributed by atoms with van der Waals surface area (Å²) >= 11 is 0. The second-order valence-corrected chi connectivity index (χ2v) is 2.68. The number of hydrogen-bond donors (Lipinski definition) is 1. The zero-order valence-electron chi connectivity index (χ0n) is 6.77. The number of benzene rings is 1. The summed E-state index contributed by atoms with van der Waals surface area (Å²) < 4.78 is 0. The van der Waals surface area contributed by atoms with Crippen LogP contribution < -0.4 is 0 Å². The first-order valence-corrected chi connectivity index (χ1v) is 3.86. The van der Waals surface area contributed by atoms with Crippen molar-refractivity contribution in [2.45, 2.75) is 0 Å². The molecule has 0 saturated heterocycles. The van der Waals surface area contributed by atoms with E-state index in [4.69, 9.17) is 0 Å². The number of carbonyl (C=O) groups excluding carboxylic acids is 1. The van der Waals surface area contributed by atoms with E-state index in [2.05, 4.69) is 4.99 Å². The molecule has 0 fully saturated rings. The quantitative estimate of drug-likeness (QED) is 0.689. The van der Waals surface area contributed by atoms with E-state index in [-0.39, 0.29) is 11.5 Å². The zero-order valence-corrected chi connectivity index (χ0v) is 6.77. The van der Waals surface area contributed by atoms with E-state index < -0.39 is 0 Å². The highest BCUT2D eigenvalue weighted by molar-refractivity contribution is 6.51. The number of para-hydroxylation sites is 1. The van der Waals surface area contributed by atoms with Crippen LogP contribution in [0.25, 0.3) is 0 Å². The number of carbonyl (C=O) groups is 1. The molecule has 0 aliphatic carbocycles. The SMILES string of the molecule is O=C(C1=NC=C1)c1ccccc1O. The van der Waals surface area contributed by atoms with Gasteiger partial charge in [0, 0.05) is 6.20 Å². The number of nitrogens with zero attached hydrogens (tertiary/aromatic N) is 1.